The monoisotopic (exact) mass is 388 g/mol. The van der Waals surface area contributed by atoms with Crippen molar-refractivity contribution in [2.24, 2.45) is 0 Å². The first-order chi connectivity index (χ1) is 12.9. The number of hydrogen-bond donors (Lipinski definition) is 0. The highest BCUT2D eigenvalue weighted by molar-refractivity contribution is 7.89. The van der Waals surface area contributed by atoms with E-state index in [1.807, 2.05) is 12.1 Å². The Hall–Kier alpha value is -2.84. The van der Waals surface area contributed by atoms with Gasteiger partial charge in [-0.1, -0.05) is 0 Å². The number of oxazole rings is 1. The minimum Gasteiger partial charge on any atom is -0.497 e. The van der Waals surface area contributed by atoms with Gasteiger partial charge < -0.3 is 13.9 Å². The van der Waals surface area contributed by atoms with E-state index < -0.39 is 10.0 Å². The molecule has 8 heteroatoms. The maximum Gasteiger partial charge on any atom is 0.243 e. The van der Waals surface area contributed by atoms with E-state index in [2.05, 4.69) is 4.98 Å². The molecule has 3 aromatic rings. The van der Waals surface area contributed by atoms with E-state index in [0.29, 0.717) is 17.3 Å². The van der Waals surface area contributed by atoms with Crippen molar-refractivity contribution >= 4 is 10.0 Å². The molecule has 0 spiro atoms. The molecule has 27 heavy (non-hydrogen) atoms. The number of sulfonamides is 1. The van der Waals surface area contributed by atoms with E-state index in [0.717, 1.165) is 11.3 Å². The molecule has 2 aromatic carbocycles. The maximum absolute atomic E-state index is 12.7. The molecule has 0 aliphatic carbocycles. The highest BCUT2D eigenvalue weighted by Crippen LogP contribution is 2.24. The topological polar surface area (TPSA) is 81.9 Å². The Morgan fingerprint density at radius 3 is 2.07 bits per heavy atom. The van der Waals surface area contributed by atoms with Crippen molar-refractivity contribution in [2.75, 3.05) is 21.3 Å². The highest BCUT2D eigenvalue weighted by atomic mass is 32.2. The maximum atomic E-state index is 12.7. The fraction of sp³-hybridized carbons (Fsp3) is 0.211. The quantitative estimate of drug-likeness (QED) is 0.618. The SMILES string of the molecule is COc1ccc(-c2nc(CN(C)S(=O)(=O)c3ccc(OC)cc3)co2)cc1. The summed E-state index contributed by atoms with van der Waals surface area (Å²) in [5.74, 6) is 1.75. The first kappa shape index (κ1) is 18.9. The second kappa shape index (κ2) is 7.81. The van der Waals surface area contributed by atoms with E-state index in [4.69, 9.17) is 13.9 Å². The third-order valence-corrected chi connectivity index (χ3v) is 5.86. The van der Waals surface area contributed by atoms with Crippen molar-refractivity contribution in [3.63, 3.8) is 0 Å². The van der Waals surface area contributed by atoms with E-state index in [1.165, 1.54) is 36.9 Å². The van der Waals surface area contributed by atoms with Gasteiger partial charge in [0.05, 0.1) is 31.4 Å². The first-order valence-corrected chi connectivity index (χ1v) is 9.57. The molecule has 1 heterocycles. The van der Waals surface area contributed by atoms with Gasteiger partial charge in [0.25, 0.3) is 0 Å². The third-order valence-electron chi connectivity index (χ3n) is 4.04. The summed E-state index contributed by atoms with van der Waals surface area (Å²) in [6, 6.07) is 13.5. The Kier molecular flexibility index (Phi) is 5.48. The van der Waals surface area contributed by atoms with Gasteiger partial charge in [0.2, 0.25) is 15.9 Å². The largest absolute Gasteiger partial charge is 0.497 e. The summed E-state index contributed by atoms with van der Waals surface area (Å²) in [6.07, 6.45) is 1.46. The molecular weight excluding hydrogens is 368 g/mol. The summed E-state index contributed by atoms with van der Waals surface area (Å²) in [5, 5.41) is 0. The molecule has 0 unspecified atom stereocenters. The van der Waals surface area contributed by atoms with Crippen molar-refractivity contribution in [3.05, 3.63) is 60.5 Å². The Morgan fingerprint density at radius 2 is 1.52 bits per heavy atom. The molecule has 3 rings (SSSR count). The Labute approximate surface area is 158 Å². The van der Waals surface area contributed by atoms with Crippen molar-refractivity contribution in [1.29, 1.82) is 0 Å². The average molecular weight is 388 g/mol. The van der Waals surface area contributed by atoms with Crippen LogP contribution in [0.25, 0.3) is 11.5 Å². The van der Waals surface area contributed by atoms with E-state index >= 15 is 0 Å². The zero-order chi connectivity index (χ0) is 19.4. The van der Waals surface area contributed by atoms with E-state index in [1.54, 1.807) is 31.4 Å². The van der Waals surface area contributed by atoms with Crippen LogP contribution >= 0.6 is 0 Å². The Morgan fingerprint density at radius 1 is 0.963 bits per heavy atom. The van der Waals surface area contributed by atoms with Crippen molar-refractivity contribution in [3.8, 4) is 23.0 Å². The van der Waals surface area contributed by atoms with Crippen molar-refractivity contribution in [2.45, 2.75) is 11.4 Å². The fourth-order valence-corrected chi connectivity index (χ4v) is 3.63. The smallest absolute Gasteiger partial charge is 0.243 e. The summed E-state index contributed by atoms with van der Waals surface area (Å²) in [5.41, 5.74) is 1.29. The molecule has 0 saturated carbocycles. The van der Waals surface area contributed by atoms with Gasteiger partial charge in [-0.05, 0) is 48.5 Å². The molecule has 0 aliphatic rings. The lowest BCUT2D eigenvalue weighted by molar-refractivity contribution is 0.414. The molecule has 0 saturated heterocycles. The predicted octanol–water partition coefficient (Wildman–Crippen LogP) is 3.18. The lowest BCUT2D eigenvalue weighted by Gasteiger charge is -2.16. The van der Waals surface area contributed by atoms with E-state index in [9.17, 15) is 8.42 Å². The zero-order valence-electron chi connectivity index (χ0n) is 15.2. The number of benzene rings is 2. The fourth-order valence-electron chi connectivity index (χ4n) is 2.49. The summed E-state index contributed by atoms with van der Waals surface area (Å²) in [7, 11) is 0.977. The third kappa shape index (κ3) is 4.12. The standard InChI is InChI=1S/C19H20N2O5S/c1-21(27(22,23)18-10-8-17(25-3)9-11-18)12-15-13-26-19(20-15)14-4-6-16(24-2)7-5-14/h4-11,13H,12H2,1-3H3. The van der Waals surface area contributed by atoms with Gasteiger partial charge in [0, 0.05) is 12.6 Å². The lowest BCUT2D eigenvalue weighted by atomic mass is 10.2. The molecule has 0 amide bonds. The van der Waals surface area contributed by atoms with Gasteiger partial charge >= 0.3 is 0 Å². The van der Waals surface area contributed by atoms with Gasteiger partial charge in [0.15, 0.2) is 0 Å². The van der Waals surface area contributed by atoms with Gasteiger partial charge in [-0.25, -0.2) is 13.4 Å². The number of nitrogens with zero attached hydrogens (tertiary/aromatic N) is 2. The van der Waals surface area contributed by atoms with Gasteiger partial charge in [0.1, 0.15) is 17.8 Å². The van der Waals surface area contributed by atoms with Crippen LogP contribution in [0.2, 0.25) is 0 Å². The predicted molar refractivity (Wildman–Crippen MR) is 100 cm³/mol. The summed E-state index contributed by atoms with van der Waals surface area (Å²) in [6.45, 7) is 0.0913. The molecule has 0 atom stereocenters. The first-order valence-electron chi connectivity index (χ1n) is 8.13. The molecule has 142 valence electrons. The molecule has 0 fully saturated rings. The molecule has 0 N–H and O–H groups in total. The summed E-state index contributed by atoms with van der Waals surface area (Å²) in [4.78, 5) is 4.56. The van der Waals surface area contributed by atoms with Crippen LogP contribution in [0.4, 0.5) is 0 Å². The second-order valence-electron chi connectivity index (χ2n) is 5.81. The zero-order valence-corrected chi connectivity index (χ0v) is 16.1. The number of aromatic nitrogens is 1. The molecule has 7 nitrogen and oxygen atoms in total. The highest BCUT2D eigenvalue weighted by Gasteiger charge is 2.22. The normalized spacial score (nSPS) is 11.6. The van der Waals surface area contributed by atoms with Crippen LogP contribution in [-0.2, 0) is 16.6 Å². The van der Waals surface area contributed by atoms with Crippen molar-refractivity contribution in [1.82, 2.24) is 9.29 Å². The van der Waals surface area contributed by atoms with Gasteiger partial charge in [-0.2, -0.15) is 4.31 Å². The van der Waals surface area contributed by atoms with Crippen LogP contribution in [0.5, 0.6) is 11.5 Å². The van der Waals surface area contributed by atoms with Gasteiger partial charge in [-0.15, -0.1) is 0 Å². The number of methoxy groups -OCH3 is 2. The van der Waals surface area contributed by atoms with Crippen LogP contribution < -0.4 is 9.47 Å². The van der Waals surface area contributed by atoms with E-state index in [-0.39, 0.29) is 11.4 Å². The minimum atomic E-state index is -3.65. The Balaban J connectivity index is 1.75. The number of rotatable bonds is 7. The van der Waals surface area contributed by atoms with Crippen molar-refractivity contribution < 1.29 is 22.3 Å². The lowest BCUT2D eigenvalue weighted by Crippen LogP contribution is -2.26. The Bertz CT molecular complexity index is 995. The number of ether oxygens (including phenoxy) is 2. The number of hydrogen-bond acceptors (Lipinski definition) is 6. The summed E-state index contributed by atoms with van der Waals surface area (Å²) < 4.78 is 42.3. The minimum absolute atomic E-state index is 0.0913. The average Bonchev–Trinajstić information content (AvgIpc) is 3.16. The molecular formula is C19H20N2O5S. The van der Waals surface area contributed by atoms with Gasteiger partial charge in [-0.3, -0.25) is 0 Å². The summed E-state index contributed by atoms with van der Waals surface area (Å²) >= 11 is 0. The van der Waals surface area contributed by atoms with Crippen LogP contribution in [0.1, 0.15) is 5.69 Å². The molecule has 0 aliphatic heterocycles. The van der Waals surface area contributed by atoms with Crippen LogP contribution in [0.3, 0.4) is 0 Å². The van der Waals surface area contributed by atoms with Crippen LogP contribution in [0.15, 0.2) is 64.1 Å². The molecule has 1 aromatic heterocycles. The molecule has 0 radical (unpaired) electrons. The second-order valence-corrected chi connectivity index (χ2v) is 7.85. The van der Waals surface area contributed by atoms with Crippen LogP contribution in [-0.4, -0.2) is 39.0 Å². The molecule has 0 bridgehead atoms. The van der Waals surface area contributed by atoms with Crippen LogP contribution in [0, 0.1) is 0 Å².